The summed E-state index contributed by atoms with van der Waals surface area (Å²) in [6, 6.07) is 12.6. The molecule has 2 aromatic carbocycles. The molecule has 1 aromatic heterocycles. The molecule has 0 bridgehead atoms. The lowest BCUT2D eigenvalue weighted by Gasteiger charge is -2.08. The van der Waals surface area contributed by atoms with Crippen LogP contribution >= 0.6 is 23.4 Å². The number of sulfone groups is 1. The molecule has 0 aliphatic heterocycles. The zero-order valence-corrected chi connectivity index (χ0v) is 17.4. The minimum atomic E-state index is -4.59. The molecular formula is C19H16ClF2N3O2S2. The quantitative estimate of drug-likeness (QED) is 0.350. The summed E-state index contributed by atoms with van der Waals surface area (Å²) >= 11 is 7.33. The van der Waals surface area contributed by atoms with Gasteiger partial charge in [-0.05, 0) is 42.0 Å². The number of halogens is 3. The van der Waals surface area contributed by atoms with Crippen LogP contribution in [0.5, 0.6) is 0 Å². The average Bonchev–Trinajstić information content (AvgIpc) is 3.10. The van der Waals surface area contributed by atoms with Crippen LogP contribution in [0.1, 0.15) is 5.56 Å². The number of nitrogens with zero attached hydrogens (tertiary/aromatic N) is 3. The van der Waals surface area contributed by atoms with Crippen molar-refractivity contribution >= 4 is 33.2 Å². The van der Waals surface area contributed by atoms with Crippen LogP contribution in [0.15, 0.2) is 71.2 Å². The molecule has 152 valence electrons. The van der Waals surface area contributed by atoms with E-state index < -0.39 is 20.5 Å². The first-order valence-corrected chi connectivity index (χ1v) is 11.3. The summed E-state index contributed by atoms with van der Waals surface area (Å²) in [5.41, 5.74) is 1.63. The number of hydrogen-bond donors (Lipinski definition) is 0. The predicted molar refractivity (Wildman–Crippen MR) is 110 cm³/mol. The van der Waals surface area contributed by atoms with Crippen LogP contribution in [0.25, 0.3) is 11.4 Å². The lowest BCUT2D eigenvalue weighted by Crippen LogP contribution is -2.11. The van der Waals surface area contributed by atoms with Gasteiger partial charge in [0.05, 0.1) is 4.90 Å². The van der Waals surface area contributed by atoms with Crippen molar-refractivity contribution in [1.82, 2.24) is 14.8 Å². The zero-order chi connectivity index (χ0) is 21.0. The van der Waals surface area contributed by atoms with Crippen molar-refractivity contribution in [2.45, 2.75) is 28.1 Å². The lowest BCUT2D eigenvalue weighted by atomic mass is 10.2. The fourth-order valence-electron chi connectivity index (χ4n) is 2.53. The molecule has 0 aliphatic rings. The van der Waals surface area contributed by atoms with Gasteiger partial charge in [0.15, 0.2) is 11.0 Å². The monoisotopic (exact) mass is 455 g/mol. The van der Waals surface area contributed by atoms with Crippen molar-refractivity contribution < 1.29 is 17.2 Å². The molecule has 0 atom stereocenters. The lowest BCUT2D eigenvalue weighted by molar-refractivity contribution is 0.234. The third-order valence-electron chi connectivity index (χ3n) is 3.99. The highest BCUT2D eigenvalue weighted by Gasteiger charge is 2.26. The van der Waals surface area contributed by atoms with Crippen molar-refractivity contribution in [3.05, 3.63) is 71.8 Å². The number of benzene rings is 2. The maximum atomic E-state index is 12.6. The SMILES string of the molecule is C=CCn1c(SCc2ccc(S(=O)(=O)C(F)F)cc2)nnc1-c1ccc(Cl)cc1. The second-order valence-corrected chi connectivity index (χ2v) is 9.25. The Hall–Kier alpha value is -2.23. The standard InChI is InChI=1S/C19H16ClF2N3O2S2/c1-2-11-25-17(14-5-7-15(20)8-6-14)23-24-19(25)28-12-13-3-9-16(10-4-13)29(26,27)18(21)22/h2-10,18H,1,11-12H2. The van der Waals surface area contributed by atoms with Gasteiger partial charge in [0.25, 0.3) is 0 Å². The van der Waals surface area contributed by atoms with E-state index in [2.05, 4.69) is 16.8 Å². The Balaban J connectivity index is 1.79. The second-order valence-electron chi connectivity index (χ2n) is 5.95. The van der Waals surface area contributed by atoms with Gasteiger partial charge >= 0.3 is 5.76 Å². The molecule has 5 nitrogen and oxygen atoms in total. The Morgan fingerprint density at radius 2 is 1.76 bits per heavy atom. The fourth-order valence-corrected chi connectivity index (χ4v) is 4.28. The normalized spacial score (nSPS) is 11.7. The zero-order valence-electron chi connectivity index (χ0n) is 15.0. The third-order valence-corrected chi connectivity index (χ3v) is 6.67. The summed E-state index contributed by atoms with van der Waals surface area (Å²) in [4.78, 5) is -0.402. The molecule has 0 fully saturated rings. The third kappa shape index (κ3) is 4.85. The van der Waals surface area contributed by atoms with E-state index in [1.165, 1.54) is 36.0 Å². The Bertz CT molecular complexity index is 1100. The summed E-state index contributed by atoms with van der Waals surface area (Å²) in [7, 11) is -4.59. The summed E-state index contributed by atoms with van der Waals surface area (Å²) < 4.78 is 50.2. The smallest absolute Gasteiger partial charge is 0.298 e. The first-order chi connectivity index (χ1) is 13.8. The maximum absolute atomic E-state index is 12.6. The molecule has 3 rings (SSSR count). The number of allylic oxidation sites excluding steroid dienone is 1. The molecule has 0 aliphatic carbocycles. The van der Waals surface area contributed by atoms with Gasteiger partial charge in [-0.2, -0.15) is 8.78 Å². The first-order valence-electron chi connectivity index (χ1n) is 8.36. The van der Waals surface area contributed by atoms with E-state index >= 15 is 0 Å². The average molecular weight is 456 g/mol. The molecule has 29 heavy (non-hydrogen) atoms. The molecular weight excluding hydrogens is 440 g/mol. The van der Waals surface area contributed by atoms with Crippen LogP contribution in [0, 0.1) is 0 Å². The summed E-state index contributed by atoms with van der Waals surface area (Å²) in [5.74, 6) is -2.31. The van der Waals surface area contributed by atoms with Gasteiger partial charge in [0, 0.05) is 22.9 Å². The fraction of sp³-hybridized carbons (Fsp3) is 0.158. The minimum absolute atomic E-state index is 0.402. The maximum Gasteiger partial charge on any atom is 0.341 e. The van der Waals surface area contributed by atoms with Gasteiger partial charge < -0.3 is 0 Å². The van der Waals surface area contributed by atoms with E-state index in [-0.39, 0.29) is 0 Å². The molecule has 1 heterocycles. The van der Waals surface area contributed by atoms with Crippen LogP contribution in [-0.4, -0.2) is 28.9 Å². The van der Waals surface area contributed by atoms with Crippen molar-refractivity contribution in [1.29, 1.82) is 0 Å². The number of thioether (sulfide) groups is 1. The van der Waals surface area contributed by atoms with Gasteiger partial charge in [-0.3, -0.25) is 4.57 Å². The summed E-state index contributed by atoms with van der Waals surface area (Å²) in [6.07, 6.45) is 1.73. The van der Waals surface area contributed by atoms with Crippen LogP contribution in [-0.2, 0) is 22.1 Å². The number of rotatable bonds is 8. The predicted octanol–water partition coefficient (Wildman–Crippen LogP) is 5.07. The molecule has 3 aromatic rings. The van der Waals surface area contributed by atoms with Crippen LogP contribution in [0.2, 0.25) is 5.02 Å². The van der Waals surface area contributed by atoms with Gasteiger partial charge in [-0.15, -0.1) is 16.8 Å². The van der Waals surface area contributed by atoms with Crippen molar-refractivity contribution in [3.8, 4) is 11.4 Å². The Kier molecular flexibility index (Phi) is 6.71. The van der Waals surface area contributed by atoms with Crippen molar-refractivity contribution in [2.75, 3.05) is 0 Å². The number of alkyl halides is 2. The molecule has 0 amide bonds. The molecule has 0 saturated carbocycles. The Labute approximate surface area is 176 Å². The van der Waals surface area contributed by atoms with Gasteiger partial charge in [-0.1, -0.05) is 41.6 Å². The van der Waals surface area contributed by atoms with E-state index in [1.807, 2.05) is 16.7 Å². The molecule has 0 saturated heterocycles. The van der Waals surface area contributed by atoms with Crippen LogP contribution in [0.3, 0.4) is 0 Å². The van der Waals surface area contributed by atoms with E-state index in [9.17, 15) is 17.2 Å². The Morgan fingerprint density at radius 1 is 1.10 bits per heavy atom. The number of hydrogen-bond acceptors (Lipinski definition) is 5. The summed E-state index contributed by atoms with van der Waals surface area (Å²) in [5, 5.41) is 9.75. The van der Waals surface area contributed by atoms with Crippen molar-refractivity contribution in [3.63, 3.8) is 0 Å². The molecule has 10 heteroatoms. The topological polar surface area (TPSA) is 64.8 Å². The van der Waals surface area contributed by atoms with Gasteiger partial charge in [0.1, 0.15) is 0 Å². The second kappa shape index (κ2) is 9.06. The molecule has 0 N–H and O–H groups in total. The van der Waals surface area contributed by atoms with Gasteiger partial charge in [-0.25, -0.2) is 8.42 Å². The van der Waals surface area contributed by atoms with Crippen LogP contribution in [0.4, 0.5) is 8.78 Å². The largest absolute Gasteiger partial charge is 0.341 e. The highest BCUT2D eigenvalue weighted by atomic mass is 35.5. The molecule has 0 radical (unpaired) electrons. The highest BCUT2D eigenvalue weighted by molar-refractivity contribution is 7.98. The first kappa shape index (κ1) is 21.5. The van der Waals surface area contributed by atoms with Crippen molar-refractivity contribution in [2.24, 2.45) is 0 Å². The molecule has 0 spiro atoms. The molecule has 0 unspecified atom stereocenters. The van der Waals surface area contributed by atoms with Gasteiger partial charge in [0.2, 0.25) is 9.84 Å². The van der Waals surface area contributed by atoms with Crippen LogP contribution < -0.4 is 0 Å². The highest BCUT2D eigenvalue weighted by Crippen LogP contribution is 2.28. The Morgan fingerprint density at radius 3 is 2.34 bits per heavy atom. The minimum Gasteiger partial charge on any atom is -0.298 e. The van der Waals surface area contributed by atoms with E-state index in [1.54, 1.807) is 18.2 Å². The number of aromatic nitrogens is 3. The van der Waals surface area contributed by atoms with E-state index in [4.69, 9.17) is 11.6 Å². The van der Waals surface area contributed by atoms with E-state index in [0.29, 0.717) is 28.3 Å². The summed E-state index contributed by atoms with van der Waals surface area (Å²) in [6.45, 7) is 4.26. The van der Waals surface area contributed by atoms with E-state index in [0.717, 1.165) is 11.1 Å².